The molecule has 3 aliphatic rings. The molecule has 0 aromatic heterocycles. The summed E-state index contributed by atoms with van der Waals surface area (Å²) in [5, 5.41) is 14.2. The van der Waals surface area contributed by atoms with Gasteiger partial charge in [0.25, 0.3) is 0 Å². The van der Waals surface area contributed by atoms with Crippen molar-refractivity contribution in [1.82, 2.24) is 5.43 Å². The number of rotatable bonds is 1. The Labute approximate surface area is 143 Å². The number of carbonyl (C=O) groups is 1. The zero-order valence-corrected chi connectivity index (χ0v) is 14.5. The Morgan fingerprint density at radius 1 is 1.29 bits per heavy atom. The minimum atomic E-state index is -0.0883. The minimum Gasteiger partial charge on any atom is -0.508 e. The molecular weight excluding hydrogens is 300 g/mol. The van der Waals surface area contributed by atoms with Gasteiger partial charge in [-0.05, 0) is 79.5 Å². The van der Waals surface area contributed by atoms with E-state index in [-0.39, 0.29) is 11.3 Å². The van der Waals surface area contributed by atoms with Crippen LogP contribution in [0.3, 0.4) is 0 Å². The smallest absolute Gasteiger partial charge is 0.236 e. The third-order valence-electron chi connectivity index (χ3n) is 6.80. The number of aryl methyl sites for hydroxylation is 1. The first-order valence-corrected chi connectivity index (χ1v) is 9.14. The molecule has 128 valence electrons. The Bertz CT molecular complexity index is 712. The van der Waals surface area contributed by atoms with E-state index in [1.165, 1.54) is 43.0 Å². The van der Waals surface area contributed by atoms with Crippen molar-refractivity contribution in [3.8, 4) is 5.75 Å². The monoisotopic (exact) mass is 326 g/mol. The lowest BCUT2D eigenvalue weighted by Gasteiger charge is -2.49. The van der Waals surface area contributed by atoms with Gasteiger partial charge in [-0.15, -0.1) is 0 Å². The summed E-state index contributed by atoms with van der Waals surface area (Å²) >= 11 is 0. The number of phenols is 1. The summed E-state index contributed by atoms with van der Waals surface area (Å²) in [6, 6.07) is 5.94. The first-order chi connectivity index (χ1) is 11.5. The highest BCUT2D eigenvalue weighted by molar-refractivity contribution is 5.93. The number of fused-ring (bicyclic) bond motifs is 5. The fourth-order valence-electron chi connectivity index (χ4n) is 5.69. The highest BCUT2D eigenvalue weighted by atomic mass is 16.3. The maximum Gasteiger partial charge on any atom is 0.236 e. The van der Waals surface area contributed by atoms with Gasteiger partial charge in [0.05, 0.1) is 0 Å². The van der Waals surface area contributed by atoms with Gasteiger partial charge in [0.15, 0.2) is 0 Å². The average Bonchev–Trinajstić information content (AvgIpc) is 2.89. The van der Waals surface area contributed by atoms with E-state index < -0.39 is 0 Å². The van der Waals surface area contributed by atoms with E-state index in [4.69, 9.17) is 0 Å². The van der Waals surface area contributed by atoms with Gasteiger partial charge in [0, 0.05) is 18.1 Å². The molecule has 0 spiro atoms. The number of aromatic hydroxyl groups is 1. The molecule has 4 nitrogen and oxygen atoms in total. The quantitative estimate of drug-likeness (QED) is 0.772. The summed E-state index contributed by atoms with van der Waals surface area (Å²) in [6.45, 7) is 3.87. The Kier molecular flexibility index (Phi) is 3.66. The second-order valence-electron chi connectivity index (χ2n) is 8.02. The van der Waals surface area contributed by atoms with Crippen LogP contribution in [0.2, 0.25) is 0 Å². The lowest BCUT2D eigenvalue weighted by molar-refractivity contribution is -0.118. The van der Waals surface area contributed by atoms with Crippen molar-refractivity contribution in [2.45, 2.75) is 58.3 Å². The molecule has 2 fully saturated rings. The van der Waals surface area contributed by atoms with Crippen molar-refractivity contribution in [2.75, 3.05) is 0 Å². The molecular formula is C20H26N2O2. The average molecular weight is 326 g/mol. The predicted molar refractivity (Wildman–Crippen MR) is 94.0 cm³/mol. The Morgan fingerprint density at radius 3 is 2.92 bits per heavy atom. The van der Waals surface area contributed by atoms with E-state index in [0.29, 0.717) is 23.5 Å². The number of carbonyl (C=O) groups excluding carboxylic acids is 1. The Morgan fingerprint density at radius 2 is 2.12 bits per heavy atom. The van der Waals surface area contributed by atoms with Gasteiger partial charge >= 0.3 is 0 Å². The fourth-order valence-corrected chi connectivity index (χ4v) is 5.69. The van der Waals surface area contributed by atoms with Crippen LogP contribution in [-0.4, -0.2) is 16.7 Å². The van der Waals surface area contributed by atoms with E-state index in [1.807, 2.05) is 12.1 Å². The van der Waals surface area contributed by atoms with Crippen molar-refractivity contribution in [1.29, 1.82) is 0 Å². The summed E-state index contributed by atoms with van der Waals surface area (Å²) in [5.74, 6) is 2.28. The molecule has 2 N–H and O–H groups in total. The van der Waals surface area contributed by atoms with Gasteiger partial charge in [-0.2, -0.15) is 5.10 Å². The van der Waals surface area contributed by atoms with Crippen molar-refractivity contribution in [3.63, 3.8) is 0 Å². The van der Waals surface area contributed by atoms with Crippen LogP contribution in [0.15, 0.2) is 23.3 Å². The van der Waals surface area contributed by atoms with Gasteiger partial charge in [-0.25, -0.2) is 5.43 Å². The van der Waals surface area contributed by atoms with Crippen molar-refractivity contribution < 1.29 is 9.90 Å². The van der Waals surface area contributed by atoms with Crippen molar-refractivity contribution >= 4 is 11.6 Å². The van der Waals surface area contributed by atoms with Gasteiger partial charge in [-0.3, -0.25) is 4.79 Å². The molecule has 1 amide bonds. The van der Waals surface area contributed by atoms with Gasteiger partial charge in [0.1, 0.15) is 5.75 Å². The van der Waals surface area contributed by atoms with E-state index in [9.17, 15) is 9.90 Å². The second-order valence-corrected chi connectivity index (χ2v) is 8.02. The summed E-state index contributed by atoms with van der Waals surface area (Å²) in [4.78, 5) is 11.2. The first-order valence-electron chi connectivity index (χ1n) is 9.14. The Balaban J connectivity index is 1.63. The van der Waals surface area contributed by atoms with Crippen LogP contribution >= 0.6 is 0 Å². The number of amides is 1. The highest BCUT2D eigenvalue weighted by Gasteiger charge is 2.53. The number of benzene rings is 1. The van der Waals surface area contributed by atoms with Crippen LogP contribution in [0.4, 0.5) is 0 Å². The van der Waals surface area contributed by atoms with Gasteiger partial charge in [-0.1, -0.05) is 13.0 Å². The number of nitrogens with zero attached hydrogens (tertiary/aromatic N) is 1. The fraction of sp³-hybridized carbons (Fsp3) is 0.600. The topological polar surface area (TPSA) is 61.7 Å². The van der Waals surface area contributed by atoms with Crippen molar-refractivity contribution in [3.05, 3.63) is 29.3 Å². The summed E-state index contributed by atoms with van der Waals surface area (Å²) in [7, 11) is 0. The van der Waals surface area contributed by atoms with E-state index in [0.717, 1.165) is 19.3 Å². The van der Waals surface area contributed by atoms with Gasteiger partial charge in [0.2, 0.25) is 5.91 Å². The van der Waals surface area contributed by atoms with Crippen LogP contribution in [0.1, 0.15) is 63.0 Å². The lowest BCUT2D eigenvalue weighted by atomic mass is 9.55. The molecule has 4 atom stereocenters. The van der Waals surface area contributed by atoms with E-state index in [2.05, 4.69) is 23.5 Å². The molecule has 3 unspecified atom stereocenters. The molecule has 4 heteroatoms. The number of nitrogens with one attached hydrogen (secondary N) is 1. The summed E-state index contributed by atoms with van der Waals surface area (Å²) in [5.41, 5.74) is 6.78. The number of phenolic OH excluding ortho intramolecular Hbond substituents is 1. The largest absolute Gasteiger partial charge is 0.508 e. The van der Waals surface area contributed by atoms with Crippen LogP contribution in [0.5, 0.6) is 5.75 Å². The molecule has 24 heavy (non-hydrogen) atoms. The van der Waals surface area contributed by atoms with Crippen LogP contribution in [0.25, 0.3) is 0 Å². The summed E-state index contributed by atoms with van der Waals surface area (Å²) < 4.78 is 0. The molecule has 0 heterocycles. The second kappa shape index (κ2) is 5.61. The molecule has 0 aliphatic heterocycles. The molecule has 0 saturated heterocycles. The van der Waals surface area contributed by atoms with Gasteiger partial charge < -0.3 is 5.11 Å². The summed E-state index contributed by atoms with van der Waals surface area (Å²) in [6.07, 6.45) is 6.77. The maximum absolute atomic E-state index is 11.2. The first kappa shape index (κ1) is 15.7. The Hall–Kier alpha value is -1.84. The minimum absolute atomic E-state index is 0.0883. The normalized spacial score (nSPS) is 35.9. The highest BCUT2D eigenvalue weighted by Crippen LogP contribution is 2.59. The number of hydrazone groups is 1. The zero-order chi connectivity index (χ0) is 16.9. The van der Waals surface area contributed by atoms with Crippen LogP contribution in [0, 0.1) is 17.3 Å². The van der Waals surface area contributed by atoms with Crippen LogP contribution < -0.4 is 5.43 Å². The molecule has 1 aromatic rings. The molecule has 0 bridgehead atoms. The number of hydrogen-bond acceptors (Lipinski definition) is 3. The maximum atomic E-state index is 11.2. The lowest BCUT2D eigenvalue weighted by Crippen LogP contribution is -2.43. The molecule has 0 radical (unpaired) electrons. The van der Waals surface area contributed by atoms with E-state index in [1.54, 1.807) is 0 Å². The number of hydrogen-bond donors (Lipinski definition) is 2. The molecule has 1 aromatic carbocycles. The van der Waals surface area contributed by atoms with Crippen LogP contribution in [-0.2, 0) is 11.2 Å². The van der Waals surface area contributed by atoms with E-state index >= 15 is 0 Å². The standard InChI is InChI=1S/C20H26N2O2/c1-12(23)21-22-19-8-7-18-17-5-3-13-11-14(24)4-6-15(13)16(17)9-10-20(18,19)2/h4,6,11,16-18,24H,3,5,7-10H2,1-2H3,(H,21,23)/b22-19+/t16?,17?,18?,20-/m0/s1. The molecule has 3 aliphatic carbocycles. The zero-order valence-electron chi connectivity index (χ0n) is 14.5. The SMILES string of the molecule is CC(=O)N/N=C1\CCC2C3CCc4cc(O)ccc4C3CC[C@]12C. The molecule has 2 saturated carbocycles. The third-order valence-corrected chi connectivity index (χ3v) is 6.80. The molecule has 4 rings (SSSR count). The third kappa shape index (κ3) is 2.35. The van der Waals surface area contributed by atoms with Crippen molar-refractivity contribution in [2.24, 2.45) is 22.4 Å². The predicted octanol–water partition coefficient (Wildman–Crippen LogP) is 3.74.